The largest absolute Gasteiger partial charge is 0.311 e. The molecule has 1 saturated carbocycles. The molecule has 1 N–H and O–H groups in total. The van der Waals surface area contributed by atoms with Crippen molar-refractivity contribution >= 4 is 9.84 Å². The first-order chi connectivity index (χ1) is 8.91. The van der Waals surface area contributed by atoms with E-state index < -0.39 is 9.84 Å². The molecule has 4 nitrogen and oxygen atoms in total. The van der Waals surface area contributed by atoms with E-state index >= 15 is 0 Å². The maximum atomic E-state index is 11.3. The second kappa shape index (κ2) is 6.10. The summed E-state index contributed by atoms with van der Waals surface area (Å²) in [4.78, 5) is 2.58. The molecule has 5 heteroatoms. The van der Waals surface area contributed by atoms with Crippen molar-refractivity contribution in [1.29, 1.82) is 0 Å². The fraction of sp³-hybridized carbons (Fsp3) is 1.00. The van der Waals surface area contributed by atoms with E-state index in [2.05, 4.69) is 17.1 Å². The first kappa shape index (κ1) is 15.3. The SMILES string of the molecule is CC1CN(CCCS(C)(=O)=O)C2(CCCCC2)CN1. The highest BCUT2D eigenvalue weighted by molar-refractivity contribution is 7.90. The van der Waals surface area contributed by atoms with E-state index in [1.54, 1.807) is 0 Å². The minimum Gasteiger partial charge on any atom is -0.311 e. The predicted molar refractivity (Wildman–Crippen MR) is 79.2 cm³/mol. The van der Waals surface area contributed by atoms with E-state index in [-0.39, 0.29) is 0 Å². The van der Waals surface area contributed by atoms with Gasteiger partial charge in [-0.3, -0.25) is 4.90 Å². The van der Waals surface area contributed by atoms with E-state index in [1.165, 1.54) is 38.4 Å². The molecule has 1 heterocycles. The minimum atomic E-state index is -2.82. The first-order valence-electron chi connectivity index (χ1n) is 7.57. The third-order valence-corrected chi connectivity index (χ3v) is 5.70. The van der Waals surface area contributed by atoms with E-state index in [0.29, 0.717) is 17.3 Å². The van der Waals surface area contributed by atoms with Crippen molar-refractivity contribution in [1.82, 2.24) is 10.2 Å². The second-order valence-electron chi connectivity index (χ2n) is 6.50. The van der Waals surface area contributed by atoms with Crippen LogP contribution in [0, 0.1) is 0 Å². The maximum Gasteiger partial charge on any atom is 0.147 e. The van der Waals surface area contributed by atoms with Gasteiger partial charge in [-0.25, -0.2) is 8.42 Å². The zero-order valence-electron chi connectivity index (χ0n) is 12.3. The maximum absolute atomic E-state index is 11.3. The summed E-state index contributed by atoms with van der Waals surface area (Å²) in [6.45, 7) is 5.29. The Hall–Kier alpha value is -0.130. The molecule has 2 fully saturated rings. The Bertz CT molecular complexity index is 388. The minimum absolute atomic E-state index is 0.308. The van der Waals surface area contributed by atoms with Crippen LogP contribution in [0.25, 0.3) is 0 Å². The third-order valence-electron chi connectivity index (χ3n) is 4.67. The van der Waals surface area contributed by atoms with Crippen LogP contribution in [0.1, 0.15) is 45.4 Å². The van der Waals surface area contributed by atoms with Gasteiger partial charge in [0.05, 0.1) is 5.75 Å². The van der Waals surface area contributed by atoms with Crippen LogP contribution >= 0.6 is 0 Å². The van der Waals surface area contributed by atoms with Crippen LogP contribution in [0.4, 0.5) is 0 Å². The number of hydrogen-bond acceptors (Lipinski definition) is 4. The molecule has 0 aromatic carbocycles. The molecule has 1 spiro atoms. The Morgan fingerprint density at radius 3 is 2.58 bits per heavy atom. The summed E-state index contributed by atoms with van der Waals surface area (Å²) in [5.74, 6) is 0.321. The summed E-state index contributed by atoms with van der Waals surface area (Å²) >= 11 is 0. The molecule has 0 amide bonds. The molecule has 0 radical (unpaired) electrons. The third kappa shape index (κ3) is 4.17. The lowest BCUT2D eigenvalue weighted by Gasteiger charge is -2.51. The highest BCUT2D eigenvalue weighted by Gasteiger charge is 2.40. The van der Waals surface area contributed by atoms with Crippen LogP contribution in [0.15, 0.2) is 0 Å². The summed E-state index contributed by atoms with van der Waals surface area (Å²) in [5.41, 5.74) is 0.308. The number of sulfone groups is 1. The van der Waals surface area contributed by atoms with Crippen LogP contribution in [-0.2, 0) is 9.84 Å². The van der Waals surface area contributed by atoms with Crippen LogP contribution in [0.5, 0.6) is 0 Å². The highest BCUT2D eigenvalue weighted by atomic mass is 32.2. The lowest BCUT2D eigenvalue weighted by Crippen LogP contribution is -2.64. The molecule has 0 aromatic rings. The Morgan fingerprint density at radius 2 is 1.95 bits per heavy atom. The zero-order valence-corrected chi connectivity index (χ0v) is 13.1. The lowest BCUT2D eigenvalue weighted by molar-refractivity contribution is 0.0131. The molecule has 0 aromatic heterocycles. The second-order valence-corrected chi connectivity index (χ2v) is 8.76. The van der Waals surface area contributed by atoms with E-state index in [9.17, 15) is 8.42 Å². The molecule has 1 unspecified atom stereocenters. The van der Waals surface area contributed by atoms with Gasteiger partial charge in [-0.1, -0.05) is 19.3 Å². The Kier molecular flexibility index (Phi) is 4.90. The van der Waals surface area contributed by atoms with Crippen molar-refractivity contribution in [2.75, 3.05) is 31.6 Å². The van der Waals surface area contributed by atoms with Gasteiger partial charge in [-0.05, 0) is 32.7 Å². The van der Waals surface area contributed by atoms with E-state index in [1.807, 2.05) is 0 Å². The standard InChI is InChI=1S/C14H28N2O2S/c1-13-11-16(9-6-10-19(2,17)18)14(12-15-13)7-4-3-5-8-14/h13,15H,3-12H2,1-2H3. The molecular formula is C14H28N2O2S. The molecule has 1 aliphatic carbocycles. The molecule has 1 aliphatic heterocycles. The monoisotopic (exact) mass is 288 g/mol. The van der Waals surface area contributed by atoms with E-state index in [0.717, 1.165) is 26.1 Å². The van der Waals surface area contributed by atoms with Crippen LogP contribution < -0.4 is 5.32 Å². The summed E-state index contributed by atoms with van der Waals surface area (Å²) in [7, 11) is -2.82. The highest BCUT2D eigenvalue weighted by Crippen LogP contribution is 2.35. The zero-order chi connectivity index (χ0) is 13.9. The van der Waals surface area contributed by atoms with Gasteiger partial charge in [0.2, 0.25) is 0 Å². The number of piperazine rings is 1. The quantitative estimate of drug-likeness (QED) is 0.850. The summed E-state index contributed by atoms with van der Waals surface area (Å²) in [6, 6.07) is 0.519. The smallest absolute Gasteiger partial charge is 0.147 e. The van der Waals surface area contributed by atoms with E-state index in [4.69, 9.17) is 0 Å². The number of hydrogen-bond donors (Lipinski definition) is 1. The van der Waals surface area contributed by atoms with Crippen molar-refractivity contribution in [2.24, 2.45) is 0 Å². The molecule has 2 aliphatic rings. The van der Waals surface area contributed by atoms with Gasteiger partial charge >= 0.3 is 0 Å². The van der Waals surface area contributed by atoms with Crippen molar-refractivity contribution in [2.45, 2.75) is 57.0 Å². The molecular weight excluding hydrogens is 260 g/mol. The molecule has 112 valence electrons. The summed E-state index contributed by atoms with van der Waals surface area (Å²) in [6.07, 6.45) is 8.64. The van der Waals surface area contributed by atoms with Crippen molar-refractivity contribution in [3.63, 3.8) is 0 Å². The molecule has 19 heavy (non-hydrogen) atoms. The number of rotatable bonds is 4. The van der Waals surface area contributed by atoms with Crippen LogP contribution in [0.2, 0.25) is 0 Å². The summed E-state index contributed by atoms with van der Waals surface area (Å²) < 4.78 is 22.5. The molecule has 0 bridgehead atoms. The van der Waals surface area contributed by atoms with Crippen molar-refractivity contribution in [3.05, 3.63) is 0 Å². The van der Waals surface area contributed by atoms with Gasteiger partial charge < -0.3 is 5.32 Å². The number of nitrogens with zero attached hydrogens (tertiary/aromatic N) is 1. The van der Waals surface area contributed by atoms with Gasteiger partial charge in [0.15, 0.2) is 0 Å². The molecule has 1 saturated heterocycles. The van der Waals surface area contributed by atoms with Gasteiger partial charge in [-0.15, -0.1) is 0 Å². The molecule has 1 atom stereocenters. The molecule has 2 rings (SSSR count). The van der Waals surface area contributed by atoms with Crippen molar-refractivity contribution in [3.8, 4) is 0 Å². The first-order valence-corrected chi connectivity index (χ1v) is 9.64. The Labute approximate surface area is 117 Å². The van der Waals surface area contributed by atoms with Crippen LogP contribution in [0.3, 0.4) is 0 Å². The predicted octanol–water partition coefficient (Wildman–Crippen LogP) is 1.42. The topological polar surface area (TPSA) is 49.4 Å². The fourth-order valence-electron chi connectivity index (χ4n) is 3.61. The van der Waals surface area contributed by atoms with Gasteiger partial charge in [-0.2, -0.15) is 0 Å². The van der Waals surface area contributed by atoms with Gasteiger partial charge in [0, 0.05) is 30.9 Å². The lowest BCUT2D eigenvalue weighted by atomic mass is 9.78. The van der Waals surface area contributed by atoms with Crippen molar-refractivity contribution < 1.29 is 8.42 Å². The van der Waals surface area contributed by atoms with Gasteiger partial charge in [0.25, 0.3) is 0 Å². The number of nitrogens with one attached hydrogen (secondary N) is 1. The summed E-state index contributed by atoms with van der Waals surface area (Å²) in [5, 5.41) is 3.62. The van der Waals surface area contributed by atoms with Crippen LogP contribution in [-0.4, -0.2) is 56.5 Å². The Balaban J connectivity index is 1.96. The average Bonchev–Trinajstić information content (AvgIpc) is 2.34. The normalized spacial score (nSPS) is 28.6. The fourth-order valence-corrected chi connectivity index (χ4v) is 4.27. The Morgan fingerprint density at radius 1 is 1.26 bits per heavy atom. The van der Waals surface area contributed by atoms with Gasteiger partial charge in [0.1, 0.15) is 9.84 Å². The average molecular weight is 288 g/mol.